The molecule has 1 fully saturated rings. The average molecular weight is 389 g/mol. The Hall–Kier alpha value is -3.32. The fourth-order valence-corrected chi connectivity index (χ4v) is 3.45. The first kappa shape index (κ1) is 19.0. The highest BCUT2D eigenvalue weighted by atomic mass is 16.5. The normalized spacial score (nSPS) is 16.6. The third-order valence-electron chi connectivity index (χ3n) is 4.94. The van der Waals surface area contributed by atoms with Gasteiger partial charge in [-0.3, -0.25) is 9.78 Å². The van der Waals surface area contributed by atoms with E-state index in [0.717, 1.165) is 40.7 Å². The van der Waals surface area contributed by atoms with Gasteiger partial charge in [0.2, 0.25) is 11.9 Å². The first-order chi connectivity index (χ1) is 14.0. The minimum Gasteiger partial charge on any atom is -0.368 e. The van der Waals surface area contributed by atoms with Crippen LogP contribution in [0.1, 0.15) is 33.5 Å². The lowest BCUT2D eigenvalue weighted by molar-refractivity contribution is 0.0364. The average Bonchev–Trinajstić information content (AvgIpc) is 2.73. The highest BCUT2D eigenvalue weighted by molar-refractivity contribution is 5.93. The van der Waals surface area contributed by atoms with Gasteiger partial charge in [-0.15, -0.1) is 0 Å². The number of amides is 1. The minimum atomic E-state index is -0.434. The Bertz CT molecular complexity index is 998. The molecule has 0 unspecified atom stereocenters. The fourth-order valence-electron chi connectivity index (χ4n) is 3.45. The summed E-state index contributed by atoms with van der Waals surface area (Å²) in [5.74, 6) is 0.304. The van der Waals surface area contributed by atoms with Crippen LogP contribution in [0.3, 0.4) is 0 Å². The number of nitrogens with two attached hydrogens (primary N) is 1. The van der Waals surface area contributed by atoms with Crippen LogP contribution < -0.4 is 10.6 Å². The summed E-state index contributed by atoms with van der Waals surface area (Å²) in [7, 11) is 0. The number of hydrogen-bond acceptors (Lipinski definition) is 6. The molecule has 1 atom stereocenters. The predicted molar refractivity (Wildman–Crippen MR) is 111 cm³/mol. The summed E-state index contributed by atoms with van der Waals surface area (Å²) in [5.41, 5.74) is 10.5. The smallest absolute Gasteiger partial charge is 0.248 e. The molecule has 0 saturated carbocycles. The molecule has 7 nitrogen and oxygen atoms in total. The largest absolute Gasteiger partial charge is 0.368 e. The minimum absolute atomic E-state index is 0.139. The topological polar surface area (TPSA) is 94.2 Å². The SMILES string of the molecule is Cc1cc(C)nc(N2CCO[C@H](c3ccc(-c4ccc(C(N)=O)cc4)cn3)C2)n1. The van der Waals surface area contributed by atoms with Crippen molar-refractivity contribution in [3.63, 3.8) is 0 Å². The molecule has 2 aromatic heterocycles. The van der Waals surface area contributed by atoms with Gasteiger partial charge in [0.05, 0.1) is 18.8 Å². The molecule has 1 aliphatic rings. The lowest BCUT2D eigenvalue weighted by atomic mass is 10.0. The van der Waals surface area contributed by atoms with E-state index in [-0.39, 0.29) is 6.10 Å². The second kappa shape index (κ2) is 7.97. The van der Waals surface area contributed by atoms with Gasteiger partial charge in [0.25, 0.3) is 0 Å². The number of morpholine rings is 1. The second-order valence-electron chi connectivity index (χ2n) is 7.17. The van der Waals surface area contributed by atoms with Crippen LogP contribution in [-0.2, 0) is 4.74 Å². The van der Waals surface area contributed by atoms with Gasteiger partial charge in [0.15, 0.2) is 0 Å². The van der Waals surface area contributed by atoms with E-state index in [1.165, 1.54) is 0 Å². The maximum Gasteiger partial charge on any atom is 0.248 e. The van der Waals surface area contributed by atoms with Gasteiger partial charge in [-0.25, -0.2) is 9.97 Å². The van der Waals surface area contributed by atoms with Crippen LogP contribution in [0.5, 0.6) is 0 Å². The van der Waals surface area contributed by atoms with Crippen LogP contribution in [0.15, 0.2) is 48.7 Å². The predicted octanol–water partition coefficient (Wildman–Crippen LogP) is 2.83. The summed E-state index contributed by atoms with van der Waals surface area (Å²) in [6.07, 6.45) is 1.68. The van der Waals surface area contributed by atoms with E-state index in [0.29, 0.717) is 18.7 Å². The van der Waals surface area contributed by atoms with Crippen LogP contribution in [0.4, 0.5) is 5.95 Å². The molecule has 29 heavy (non-hydrogen) atoms. The fraction of sp³-hybridized carbons (Fsp3) is 0.273. The van der Waals surface area contributed by atoms with Crippen LogP contribution >= 0.6 is 0 Å². The summed E-state index contributed by atoms with van der Waals surface area (Å²) in [4.78, 5) is 27.1. The molecular formula is C22H23N5O2. The molecule has 1 amide bonds. The molecule has 1 aromatic carbocycles. The number of benzene rings is 1. The van der Waals surface area contributed by atoms with Crippen molar-refractivity contribution in [2.45, 2.75) is 20.0 Å². The highest BCUT2D eigenvalue weighted by Gasteiger charge is 2.25. The molecule has 2 N–H and O–H groups in total. The van der Waals surface area contributed by atoms with E-state index < -0.39 is 5.91 Å². The van der Waals surface area contributed by atoms with Crippen molar-refractivity contribution in [1.82, 2.24) is 15.0 Å². The number of carbonyl (C=O) groups is 1. The van der Waals surface area contributed by atoms with Crippen LogP contribution in [0.25, 0.3) is 11.1 Å². The standard InChI is InChI=1S/C22H23N5O2/c1-14-11-15(2)26-22(25-14)27-9-10-29-20(13-27)19-8-7-18(12-24-19)16-3-5-17(6-4-16)21(23)28/h3-8,11-12,20H,9-10,13H2,1-2H3,(H2,23,28)/t20-/m0/s1. The molecule has 0 radical (unpaired) electrons. The number of aromatic nitrogens is 3. The second-order valence-corrected chi connectivity index (χ2v) is 7.17. The van der Waals surface area contributed by atoms with Crippen molar-refractivity contribution in [2.75, 3.05) is 24.6 Å². The summed E-state index contributed by atoms with van der Waals surface area (Å²) in [6.45, 7) is 5.96. The van der Waals surface area contributed by atoms with Crippen LogP contribution in [0.2, 0.25) is 0 Å². The molecule has 3 heterocycles. The number of hydrogen-bond donors (Lipinski definition) is 1. The van der Waals surface area contributed by atoms with Gasteiger partial charge in [-0.1, -0.05) is 18.2 Å². The van der Waals surface area contributed by atoms with E-state index in [4.69, 9.17) is 10.5 Å². The van der Waals surface area contributed by atoms with E-state index in [1.54, 1.807) is 12.1 Å². The Morgan fingerprint density at radius 1 is 1.07 bits per heavy atom. The number of carbonyl (C=O) groups excluding carboxylic acids is 1. The number of pyridine rings is 1. The molecule has 1 saturated heterocycles. The van der Waals surface area contributed by atoms with Gasteiger partial charge in [-0.2, -0.15) is 0 Å². The lowest BCUT2D eigenvalue weighted by Crippen LogP contribution is -2.39. The number of anilines is 1. The van der Waals surface area contributed by atoms with E-state index in [2.05, 4.69) is 19.9 Å². The number of aryl methyl sites for hydroxylation is 2. The zero-order valence-corrected chi connectivity index (χ0v) is 16.5. The molecule has 0 aliphatic carbocycles. The molecule has 3 aromatic rings. The Morgan fingerprint density at radius 2 is 1.76 bits per heavy atom. The molecule has 148 valence electrons. The first-order valence-electron chi connectivity index (χ1n) is 9.54. The third kappa shape index (κ3) is 4.25. The molecule has 7 heteroatoms. The zero-order chi connectivity index (χ0) is 20.4. The Morgan fingerprint density at radius 3 is 2.38 bits per heavy atom. The summed E-state index contributed by atoms with van der Waals surface area (Å²) in [5, 5.41) is 0. The van der Waals surface area contributed by atoms with Gasteiger partial charge in [-0.05, 0) is 43.7 Å². The molecule has 0 spiro atoms. The quantitative estimate of drug-likeness (QED) is 0.737. The third-order valence-corrected chi connectivity index (χ3v) is 4.94. The van der Waals surface area contributed by atoms with E-state index in [1.807, 2.05) is 50.4 Å². The van der Waals surface area contributed by atoms with Crippen molar-refractivity contribution in [3.05, 3.63) is 71.3 Å². The lowest BCUT2D eigenvalue weighted by Gasteiger charge is -2.33. The number of ether oxygens (including phenoxy) is 1. The van der Waals surface area contributed by atoms with Crippen molar-refractivity contribution < 1.29 is 9.53 Å². The summed E-state index contributed by atoms with van der Waals surface area (Å²) < 4.78 is 5.95. The summed E-state index contributed by atoms with van der Waals surface area (Å²) >= 11 is 0. The molecule has 4 rings (SSSR count). The monoisotopic (exact) mass is 389 g/mol. The van der Waals surface area contributed by atoms with Crippen molar-refractivity contribution in [1.29, 1.82) is 0 Å². The Labute approximate surface area is 169 Å². The van der Waals surface area contributed by atoms with Crippen LogP contribution in [-0.4, -0.2) is 40.6 Å². The number of primary amides is 1. The Balaban J connectivity index is 1.50. The molecule has 1 aliphatic heterocycles. The number of nitrogens with zero attached hydrogens (tertiary/aromatic N) is 4. The van der Waals surface area contributed by atoms with Gasteiger partial charge in [0, 0.05) is 35.3 Å². The zero-order valence-electron chi connectivity index (χ0n) is 16.5. The molecular weight excluding hydrogens is 366 g/mol. The van der Waals surface area contributed by atoms with Crippen molar-refractivity contribution >= 4 is 11.9 Å². The molecule has 0 bridgehead atoms. The van der Waals surface area contributed by atoms with Gasteiger partial charge in [0.1, 0.15) is 6.10 Å². The van der Waals surface area contributed by atoms with Gasteiger partial charge < -0.3 is 15.4 Å². The van der Waals surface area contributed by atoms with Crippen LogP contribution in [0, 0.1) is 13.8 Å². The number of rotatable bonds is 4. The summed E-state index contributed by atoms with van der Waals surface area (Å²) in [6, 6.07) is 13.1. The highest BCUT2D eigenvalue weighted by Crippen LogP contribution is 2.26. The maximum atomic E-state index is 11.2. The Kier molecular flexibility index (Phi) is 5.22. The van der Waals surface area contributed by atoms with Gasteiger partial charge >= 0.3 is 0 Å². The van der Waals surface area contributed by atoms with Crippen molar-refractivity contribution in [2.24, 2.45) is 5.73 Å². The van der Waals surface area contributed by atoms with E-state index >= 15 is 0 Å². The first-order valence-corrected chi connectivity index (χ1v) is 9.54. The van der Waals surface area contributed by atoms with E-state index in [9.17, 15) is 4.79 Å². The maximum absolute atomic E-state index is 11.2. The van der Waals surface area contributed by atoms with Crippen molar-refractivity contribution in [3.8, 4) is 11.1 Å².